The lowest BCUT2D eigenvalue weighted by Crippen LogP contribution is -2.37. The Hall–Kier alpha value is -3.49. The zero-order chi connectivity index (χ0) is 23.0. The molecule has 7 nitrogen and oxygen atoms in total. The number of benzene rings is 1. The number of nitrogens with zero attached hydrogens (tertiary/aromatic N) is 1. The van der Waals surface area contributed by atoms with Gasteiger partial charge in [-0.25, -0.2) is 8.78 Å². The molecule has 0 saturated carbocycles. The molecule has 0 aliphatic carbocycles. The Morgan fingerprint density at radius 2 is 1.65 bits per heavy atom. The lowest BCUT2D eigenvalue weighted by atomic mass is 10.1. The molecule has 1 aromatic carbocycles. The summed E-state index contributed by atoms with van der Waals surface area (Å²) >= 11 is 0. The first-order valence-electron chi connectivity index (χ1n) is 9.08. The number of anilines is 1. The maximum atomic E-state index is 13.6. The van der Waals surface area contributed by atoms with Gasteiger partial charge in [-0.3, -0.25) is 9.59 Å². The molecule has 164 valence electrons. The fraction of sp³-hybridized carbons (Fsp3) is 0.250. The maximum Gasteiger partial charge on any atom is 0.253 e. The van der Waals surface area contributed by atoms with Crippen molar-refractivity contribution in [2.45, 2.75) is 18.9 Å². The highest BCUT2D eigenvalue weighted by molar-refractivity contribution is 5.94. The molecule has 1 atom stereocenters. The van der Waals surface area contributed by atoms with Crippen LogP contribution in [0.4, 0.5) is 23.2 Å². The smallest absolute Gasteiger partial charge is 0.253 e. The van der Waals surface area contributed by atoms with E-state index in [-0.39, 0.29) is 18.0 Å². The highest BCUT2D eigenvalue weighted by atomic mass is 19.2. The quantitative estimate of drug-likeness (QED) is 0.224. The molecular weight excluding hydrogens is 418 g/mol. The minimum Gasteiger partial charge on any atom is -0.355 e. The summed E-state index contributed by atoms with van der Waals surface area (Å²) in [5.41, 5.74) is 10.5. The number of amides is 2. The van der Waals surface area contributed by atoms with Crippen LogP contribution < -0.4 is 22.1 Å². The van der Waals surface area contributed by atoms with Gasteiger partial charge < -0.3 is 22.1 Å². The van der Waals surface area contributed by atoms with Crippen molar-refractivity contribution in [1.82, 2.24) is 10.3 Å². The van der Waals surface area contributed by atoms with Gasteiger partial charge in [-0.2, -0.15) is 13.8 Å². The molecule has 1 aromatic heterocycles. The van der Waals surface area contributed by atoms with Crippen LogP contribution >= 0.6 is 0 Å². The molecule has 0 fully saturated rings. The molecule has 0 aliphatic rings. The third kappa shape index (κ3) is 6.77. The third-order valence-electron chi connectivity index (χ3n) is 4.02. The van der Waals surface area contributed by atoms with E-state index in [1.54, 1.807) is 0 Å². The van der Waals surface area contributed by atoms with Crippen LogP contribution in [-0.2, 0) is 9.59 Å². The molecule has 6 N–H and O–H groups in total. The summed E-state index contributed by atoms with van der Waals surface area (Å²) in [5.74, 6) is -3.30. The van der Waals surface area contributed by atoms with Gasteiger partial charge in [0.1, 0.15) is 5.56 Å². The number of hydrogen-bond donors (Lipinski definition) is 4. The van der Waals surface area contributed by atoms with Crippen molar-refractivity contribution in [3.8, 4) is 11.8 Å². The van der Waals surface area contributed by atoms with Crippen molar-refractivity contribution in [3.05, 3.63) is 58.9 Å². The van der Waals surface area contributed by atoms with Crippen LogP contribution in [0.1, 0.15) is 24.0 Å². The lowest BCUT2D eigenvalue weighted by Gasteiger charge is -2.12. The SMILES string of the molecule is NCC(=O)NCCC[C@H](N)C(=O)Nc1ccc(C#Cc2c(F)c(F)nc(F)c2F)cc1. The van der Waals surface area contributed by atoms with Gasteiger partial charge in [0.25, 0.3) is 11.9 Å². The van der Waals surface area contributed by atoms with Crippen LogP contribution in [-0.4, -0.2) is 35.9 Å². The molecule has 2 aromatic rings. The third-order valence-corrected chi connectivity index (χ3v) is 4.02. The normalized spacial score (nSPS) is 11.3. The van der Waals surface area contributed by atoms with Crippen LogP contribution in [0, 0.1) is 35.4 Å². The van der Waals surface area contributed by atoms with Crippen LogP contribution in [0.5, 0.6) is 0 Å². The van der Waals surface area contributed by atoms with Crippen LogP contribution in [0.3, 0.4) is 0 Å². The first kappa shape index (κ1) is 23.8. The van der Waals surface area contributed by atoms with E-state index in [0.29, 0.717) is 25.1 Å². The number of carbonyl (C=O) groups excluding carboxylic acids is 2. The van der Waals surface area contributed by atoms with Gasteiger partial charge in [-0.05, 0) is 37.1 Å². The largest absolute Gasteiger partial charge is 0.355 e. The fourth-order valence-corrected chi connectivity index (χ4v) is 2.36. The van der Waals surface area contributed by atoms with Crippen LogP contribution in [0.25, 0.3) is 0 Å². The molecule has 0 saturated heterocycles. The number of rotatable bonds is 7. The van der Waals surface area contributed by atoms with Crippen LogP contribution in [0.2, 0.25) is 0 Å². The zero-order valence-electron chi connectivity index (χ0n) is 16.1. The average molecular weight is 437 g/mol. The summed E-state index contributed by atoms with van der Waals surface area (Å²) in [4.78, 5) is 25.6. The zero-order valence-corrected chi connectivity index (χ0v) is 16.1. The van der Waals surface area contributed by atoms with Crippen molar-refractivity contribution in [1.29, 1.82) is 0 Å². The van der Waals surface area contributed by atoms with E-state index < -0.39 is 41.0 Å². The van der Waals surface area contributed by atoms with Gasteiger partial charge >= 0.3 is 0 Å². The Balaban J connectivity index is 1.96. The second-order valence-corrected chi connectivity index (χ2v) is 6.32. The standard InChI is InChI=1S/C20H19F4N5O2/c21-16-13(17(22)19(24)29-18(16)23)8-5-11-3-6-12(7-4-11)28-20(31)14(26)2-1-9-27-15(30)10-25/h3-4,6-7,14H,1-2,9-10,25-26H2,(H,27,30)(H,28,31)/t14-/m0/s1. The minimum absolute atomic E-state index is 0.118. The van der Waals surface area contributed by atoms with Gasteiger partial charge in [0, 0.05) is 17.8 Å². The molecular formula is C20H19F4N5O2. The molecule has 0 aliphatic heterocycles. The molecule has 1 heterocycles. The number of carbonyl (C=O) groups is 2. The molecule has 2 rings (SSSR count). The molecule has 0 spiro atoms. The number of nitrogens with one attached hydrogen (secondary N) is 2. The van der Waals surface area contributed by atoms with Gasteiger partial charge in [0.2, 0.25) is 11.8 Å². The second-order valence-electron chi connectivity index (χ2n) is 6.32. The lowest BCUT2D eigenvalue weighted by molar-refractivity contribution is -0.119. The van der Waals surface area contributed by atoms with Gasteiger partial charge in [-0.15, -0.1) is 0 Å². The summed E-state index contributed by atoms with van der Waals surface area (Å²) in [6, 6.07) is 4.99. The maximum absolute atomic E-state index is 13.6. The topological polar surface area (TPSA) is 123 Å². The first-order valence-corrected chi connectivity index (χ1v) is 9.08. The number of hydrogen-bond acceptors (Lipinski definition) is 5. The van der Waals surface area contributed by atoms with Crippen molar-refractivity contribution in [2.24, 2.45) is 11.5 Å². The van der Waals surface area contributed by atoms with E-state index in [1.807, 2.05) is 5.92 Å². The van der Waals surface area contributed by atoms with Crippen molar-refractivity contribution in [3.63, 3.8) is 0 Å². The van der Waals surface area contributed by atoms with E-state index in [1.165, 1.54) is 24.3 Å². The number of aromatic nitrogens is 1. The van der Waals surface area contributed by atoms with E-state index in [0.717, 1.165) is 0 Å². The average Bonchev–Trinajstić information content (AvgIpc) is 2.76. The number of nitrogens with two attached hydrogens (primary N) is 2. The highest BCUT2D eigenvalue weighted by Crippen LogP contribution is 2.16. The summed E-state index contributed by atoms with van der Waals surface area (Å²) in [6.45, 7) is 0.226. The van der Waals surface area contributed by atoms with E-state index in [9.17, 15) is 27.2 Å². The van der Waals surface area contributed by atoms with Gasteiger partial charge in [0.05, 0.1) is 12.6 Å². The molecule has 0 unspecified atom stereocenters. The highest BCUT2D eigenvalue weighted by Gasteiger charge is 2.19. The van der Waals surface area contributed by atoms with E-state index >= 15 is 0 Å². The van der Waals surface area contributed by atoms with E-state index in [4.69, 9.17) is 11.5 Å². The van der Waals surface area contributed by atoms with E-state index in [2.05, 4.69) is 21.5 Å². The van der Waals surface area contributed by atoms with Crippen molar-refractivity contribution < 1.29 is 27.2 Å². The molecule has 11 heteroatoms. The minimum atomic E-state index is -1.79. The van der Waals surface area contributed by atoms with Crippen molar-refractivity contribution >= 4 is 17.5 Å². The molecule has 31 heavy (non-hydrogen) atoms. The summed E-state index contributed by atoms with van der Waals surface area (Å²) < 4.78 is 53.3. The van der Waals surface area contributed by atoms with Crippen LogP contribution in [0.15, 0.2) is 24.3 Å². The fourth-order valence-electron chi connectivity index (χ4n) is 2.36. The number of pyridine rings is 1. The summed E-state index contributed by atoms with van der Waals surface area (Å²) in [7, 11) is 0. The van der Waals surface area contributed by atoms with Gasteiger partial charge in [-0.1, -0.05) is 11.8 Å². The van der Waals surface area contributed by atoms with Gasteiger partial charge in [0.15, 0.2) is 11.6 Å². The first-order chi connectivity index (χ1) is 14.7. The molecule has 0 radical (unpaired) electrons. The molecule has 2 amide bonds. The predicted octanol–water partition coefficient (Wildman–Crippen LogP) is 1.16. The Morgan fingerprint density at radius 1 is 1.03 bits per heavy atom. The Kier molecular flexibility index (Phi) is 8.48. The Morgan fingerprint density at radius 3 is 2.23 bits per heavy atom. The Labute approximate surface area is 175 Å². The summed E-state index contributed by atoms with van der Waals surface area (Å²) in [5, 5.41) is 5.15. The second kappa shape index (κ2) is 11.1. The summed E-state index contributed by atoms with van der Waals surface area (Å²) in [6.07, 6.45) is 0.814. The number of halogens is 4. The Bertz CT molecular complexity index is 993. The molecule has 0 bridgehead atoms. The predicted molar refractivity (Wildman–Crippen MR) is 104 cm³/mol. The monoisotopic (exact) mass is 437 g/mol. The van der Waals surface area contributed by atoms with Crippen molar-refractivity contribution in [2.75, 3.05) is 18.4 Å².